The molecule has 0 unspecified atom stereocenters. The van der Waals surface area contributed by atoms with E-state index in [2.05, 4.69) is 27.7 Å². The molecule has 0 aliphatic carbocycles. The maximum absolute atomic E-state index is 5.38. The molecule has 0 saturated carbocycles. The maximum Gasteiger partial charge on any atom is 0.500 e. The van der Waals surface area contributed by atoms with Crippen LogP contribution in [0.5, 0.6) is 0 Å². The van der Waals surface area contributed by atoms with E-state index in [1.165, 1.54) is 5.71 Å². The smallest absolute Gasteiger partial charge is 0.377 e. The zero-order valence-electron chi connectivity index (χ0n) is 12.9. The number of hydrogen-bond donors (Lipinski definition) is 0. The molecule has 0 fully saturated rings. The predicted molar refractivity (Wildman–Crippen MR) is 78.2 cm³/mol. The molecule has 0 radical (unpaired) electrons. The molecule has 0 aromatic rings. The second-order valence-corrected chi connectivity index (χ2v) is 8.11. The van der Waals surface area contributed by atoms with Gasteiger partial charge in [0.1, 0.15) is 0 Å². The zero-order chi connectivity index (χ0) is 14.2. The molecular weight excluding hydrogens is 246 g/mol. The first-order valence-electron chi connectivity index (χ1n) is 6.62. The predicted octanol–water partition coefficient (Wildman–Crippen LogP) is 3.01. The minimum Gasteiger partial charge on any atom is -0.377 e. The molecule has 0 spiro atoms. The summed E-state index contributed by atoms with van der Waals surface area (Å²) in [6, 6.07) is 0.809. The largest absolute Gasteiger partial charge is 0.500 e. The fraction of sp³-hybridized carbons (Fsp3) is 0.923. The first-order valence-corrected chi connectivity index (χ1v) is 8.55. The van der Waals surface area contributed by atoms with E-state index in [-0.39, 0.29) is 0 Å². The molecule has 0 amide bonds. The Balaban J connectivity index is 4.29. The summed E-state index contributed by atoms with van der Waals surface area (Å²) in [5, 5.41) is 0. The maximum atomic E-state index is 5.38. The minimum atomic E-state index is -2.41. The molecule has 4 nitrogen and oxygen atoms in total. The number of hydrogen-bond acceptors (Lipinski definition) is 4. The Labute approximate surface area is 113 Å². The van der Waals surface area contributed by atoms with Crippen molar-refractivity contribution in [2.75, 3.05) is 27.9 Å². The van der Waals surface area contributed by atoms with Gasteiger partial charge in [0.25, 0.3) is 0 Å². The third-order valence-corrected chi connectivity index (χ3v) is 5.88. The average Bonchev–Trinajstić information content (AvgIpc) is 2.33. The van der Waals surface area contributed by atoms with Crippen LogP contribution in [0.1, 0.15) is 34.1 Å². The lowest BCUT2D eigenvalue weighted by atomic mass is 9.97. The Morgan fingerprint density at radius 1 is 0.944 bits per heavy atom. The Morgan fingerprint density at radius 3 is 1.72 bits per heavy atom. The van der Waals surface area contributed by atoms with Crippen LogP contribution in [0.3, 0.4) is 0 Å². The highest BCUT2D eigenvalue weighted by Gasteiger charge is 2.36. The van der Waals surface area contributed by atoms with E-state index in [0.717, 1.165) is 19.0 Å². The molecule has 0 aromatic heterocycles. The van der Waals surface area contributed by atoms with Crippen molar-refractivity contribution in [3.63, 3.8) is 0 Å². The van der Waals surface area contributed by atoms with Gasteiger partial charge in [-0.25, -0.2) is 0 Å². The molecule has 5 heteroatoms. The second-order valence-electron chi connectivity index (χ2n) is 5.01. The van der Waals surface area contributed by atoms with Gasteiger partial charge in [0.05, 0.1) is 0 Å². The fourth-order valence-corrected chi connectivity index (χ4v) is 3.80. The van der Waals surface area contributed by atoms with Crippen molar-refractivity contribution in [3.8, 4) is 0 Å². The molecule has 0 aromatic carbocycles. The topological polar surface area (TPSA) is 40.0 Å². The summed E-state index contributed by atoms with van der Waals surface area (Å²) in [5.41, 5.74) is 1.29. The van der Waals surface area contributed by atoms with E-state index in [1.54, 1.807) is 21.3 Å². The summed E-state index contributed by atoms with van der Waals surface area (Å²) in [4.78, 5) is 4.70. The molecule has 0 saturated heterocycles. The monoisotopic (exact) mass is 275 g/mol. The van der Waals surface area contributed by atoms with Gasteiger partial charge < -0.3 is 13.3 Å². The second kappa shape index (κ2) is 8.80. The molecule has 0 rings (SSSR count). The third-order valence-electron chi connectivity index (χ3n) is 3.05. The normalized spacial score (nSPS) is 12.3. The van der Waals surface area contributed by atoms with Gasteiger partial charge in [0.2, 0.25) is 0 Å². The Morgan fingerprint density at radius 2 is 1.39 bits per heavy atom. The molecule has 108 valence electrons. The molecule has 0 aliphatic rings. The number of aliphatic imine (C=N–C) groups is 1. The quantitative estimate of drug-likeness (QED) is 0.369. The van der Waals surface area contributed by atoms with Gasteiger partial charge in [-0.15, -0.1) is 0 Å². The summed E-state index contributed by atoms with van der Waals surface area (Å²) in [7, 11) is 2.53. The lowest BCUT2D eigenvalue weighted by Crippen LogP contribution is -2.42. The van der Waals surface area contributed by atoms with Crippen LogP contribution in [0.25, 0.3) is 0 Å². The first-order chi connectivity index (χ1) is 8.42. The Bertz CT molecular complexity index is 232. The summed E-state index contributed by atoms with van der Waals surface area (Å²) in [6.07, 6.45) is 0.935. The van der Waals surface area contributed by atoms with Crippen LogP contribution in [0.2, 0.25) is 6.04 Å². The van der Waals surface area contributed by atoms with Crippen LogP contribution in [0.4, 0.5) is 0 Å². The highest BCUT2D eigenvalue weighted by atomic mass is 28.4. The highest BCUT2D eigenvalue weighted by molar-refractivity contribution is 6.60. The van der Waals surface area contributed by atoms with E-state index in [4.69, 9.17) is 18.3 Å². The Hall–Kier alpha value is -0.233. The average molecular weight is 275 g/mol. The fourth-order valence-electron chi connectivity index (χ4n) is 2.09. The van der Waals surface area contributed by atoms with Gasteiger partial charge in [-0.05, 0) is 18.3 Å². The van der Waals surface area contributed by atoms with Gasteiger partial charge in [-0.1, -0.05) is 27.7 Å². The van der Waals surface area contributed by atoms with Crippen LogP contribution in [0.15, 0.2) is 4.99 Å². The van der Waals surface area contributed by atoms with Gasteiger partial charge in [0.15, 0.2) is 0 Å². The summed E-state index contributed by atoms with van der Waals surface area (Å²) in [6.45, 7) is 9.58. The van der Waals surface area contributed by atoms with Crippen LogP contribution < -0.4 is 0 Å². The minimum absolute atomic E-state index is 0.513. The third kappa shape index (κ3) is 5.61. The van der Waals surface area contributed by atoms with Gasteiger partial charge >= 0.3 is 8.80 Å². The van der Waals surface area contributed by atoms with Crippen molar-refractivity contribution in [3.05, 3.63) is 0 Å². The SMILES string of the molecule is CO[Si](CCCN=C(C(C)C)C(C)C)(OC)OC. The van der Waals surface area contributed by atoms with Gasteiger partial charge in [0, 0.05) is 39.6 Å². The van der Waals surface area contributed by atoms with Gasteiger partial charge in [-0.3, -0.25) is 4.99 Å². The lowest BCUT2D eigenvalue weighted by Gasteiger charge is -2.24. The van der Waals surface area contributed by atoms with Crippen LogP contribution in [-0.2, 0) is 13.3 Å². The van der Waals surface area contributed by atoms with E-state index >= 15 is 0 Å². The van der Waals surface area contributed by atoms with Crippen molar-refractivity contribution in [1.29, 1.82) is 0 Å². The molecule has 0 bridgehead atoms. The van der Waals surface area contributed by atoms with Crippen molar-refractivity contribution >= 4 is 14.5 Å². The Kier molecular flexibility index (Phi) is 8.68. The highest BCUT2D eigenvalue weighted by Crippen LogP contribution is 2.15. The number of nitrogens with zero attached hydrogens (tertiary/aromatic N) is 1. The summed E-state index contributed by atoms with van der Waals surface area (Å²) < 4.78 is 16.2. The van der Waals surface area contributed by atoms with Crippen LogP contribution in [0, 0.1) is 11.8 Å². The molecule has 0 atom stereocenters. The van der Waals surface area contributed by atoms with Crippen molar-refractivity contribution in [2.24, 2.45) is 16.8 Å². The van der Waals surface area contributed by atoms with Crippen LogP contribution in [-0.4, -0.2) is 42.4 Å². The molecule has 18 heavy (non-hydrogen) atoms. The van der Waals surface area contributed by atoms with Gasteiger partial charge in [-0.2, -0.15) is 0 Å². The van der Waals surface area contributed by atoms with Crippen LogP contribution >= 0.6 is 0 Å². The van der Waals surface area contributed by atoms with E-state index in [9.17, 15) is 0 Å². The molecular formula is C13H29NO3Si. The van der Waals surface area contributed by atoms with E-state index < -0.39 is 8.80 Å². The van der Waals surface area contributed by atoms with E-state index in [1.807, 2.05) is 0 Å². The van der Waals surface area contributed by atoms with E-state index in [0.29, 0.717) is 11.8 Å². The standard InChI is InChI=1S/C13H29NO3Si/c1-11(2)13(12(3)4)14-9-8-10-18(15-5,16-6)17-7/h11-12H,8-10H2,1-7H3. The number of rotatable bonds is 9. The molecule has 0 heterocycles. The summed E-state index contributed by atoms with van der Waals surface area (Å²) >= 11 is 0. The zero-order valence-corrected chi connectivity index (χ0v) is 13.9. The molecule has 0 N–H and O–H groups in total. The summed E-state index contributed by atoms with van der Waals surface area (Å²) in [5.74, 6) is 1.03. The molecule has 0 aliphatic heterocycles. The van der Waals surface area contributed by atoms with Crippen molar-refractivity contribution < 1.29 is 13.3 Å². The first kappa shape index (κ1) is 17.8. The van der Waals surface area contributed by atoms with Crippen molar-refractivity contribution in [1.82, 2.24) is 0 Å². The van der Waals surface area contributed by atoms with Crippen molar-refractivity contribution in [2.45, 2.75) is 40.2 Å². The lowest BCUT2D eigenvalue weighted by molar-refractivity contribution is 0.123.